The van der Waals surface area contributed by atoms with Crippen LogP contribution in [0.15, 0.2) is 72.8 Å². The Labute approximate surface area is 243 Å². The van der Waals surface area contributed by atoms with E-state index in [2.05, 4.69) is 5.32 Å². The van der Waals surface area contributed by atoms with Crippen LogP contribution < -0.4 is 5.32 Å². The lowest BCUT2D eigenvalue weighted by Crippen LogP contribution is -2.26. The number of amides is 1. The molecule has 0 saturated heterocycles. The normalized spacial score (nSPS) is 14.0. The number of aliphatic carboxylic acids is 1. The molecule has 0 unspecified atom stereocenters. The topological polar surface area (TPSA) is 101 Å². The highest BCUT2D eigenvalue weighted by Crippen LogP contribution is 2.33. The second kappa shape index (κ2) is 13.6. The number of halogens is 2. The first kappa shape index (κ1) is 29.2. The average molecular weight is 578 g/mol. The average Bonchev–Trinajstić information content (AvgIpc) is 2.95. The summed E-state index contributed by atoms with van der Waals surface area (Å²) >= 11 is 12.4. The molecule has 0 aromatic heterocycles. The molecule has 6 nitrogen and oxygen atoms in total. The second-order valence-electron chi connectivity index (χ2n) is 9.84. The Morgan fingerprint density at radius 2 is 1.35 bits per heavy atom. The van der Waals surface area contributed by atoms with Gasteiger partial charge in [-0.25, -0.2) is 0 Å². The highest BCUT2D eigenvalue weighted by molar-refractivity contribution is 6.37. The van der Waals surface area contributed by atoms with Crippen molar-refractivity contribution in [3.8, 4) is 0 Å². The minimum absolute atomic E-state index is 0.0129. The molecule has 1 aliphatic carbocycles. The van der Waals surface area contributed by atoms with Gasteiger partial charge in [-0.1, -0.05) is 78.9 Å². The van der Waals surface area contributed by atoms with E-state index < -0.39 is 17.7 Å². The van der Waals surface area contributed by atoms with Crippen LogP contribution in [0.3, 0.4) is 0 Å². The third-order valence-electron chi connectivity index (χ3n) is 7.00. The van der Waals surface area contributed by atoms with Crippen molar-refractivity contribution in [2.24, 2.45) is 0 Å². The first-order chi connectivity index (χ1) is 19.2. The molecule has 1 saturated carbocycles. The van der Waals surface area contributed by atoms with Crippen LogP contribution in [0.4, 0.5) is 0 Å². The summed E-state index contributed by atoms with van der Waals surface area (Å²) in [6, 6.07) is 18.2. The minimum atomic E-state index is -1.02. The Hall–Kier alpha value is -3.74. The van der Waals surface area contributed by atoms with Gasteiger partial charge in [-0.15, -0.1) is 0 Å². The number of ketones is 2. The molecule has 40 heavy (non-hydrogen) atoms. The molecular formula is C32H29Cl2NO5. The first-order valence-electron chi connectivity index (χ1n) is 13.2. The van der Waals surface area contributed by atoms with E-state index in [1.165, 1.54) is 61.2 Å². The molecule has 0 atom stereocenters. The number of rotatable bonds is 10. The molecule has 0 bridgehead atoms. The quantitative estimate of drug-likeness (QED) is 0.193. The van der Waals surface area contributed by atoms with Crippen LogP contribution in [-0.4, -0.2) is 35.1 Å². The molecule has 0 radical (unpaired) electrons. The lowest BCUT2D eigenvalue weighted by atomic mass is 9.84. The monoisotopic (exact) mass is 577 g/mol. The number of hydrogen-bond acceptors (Lipinski definition) is 4. The number of hydrogen-bond donors (Lipinski definition) is 2. The number of carboxylic acid groups (broad SMARTS) is 1. The van der Waals surface area contributed by atoms with Gasteiger partial charge in [0.25, 0.3) is 5.91 Å². The van der Waals surface area contributed by atoms with Crippen LogP contribution in [0.2, 0.25) is 10.0 Å². The summed E-state index contributed by atoms with van der Waals surface area (Å²) in [5.41, 5.74) is 2.73. The van der Waals surface area contributed by atoms with Gasteiger partial charge in [0.1, 0.15) is 0 Å². The molecule has 0 aliphatic heterocycles. The van der Waals surface area contributed by atoms with Gasteiger partial charge in [0, 0.05) is 38.9 Å². The Bertz CT molecular complexity index is 1420. The molecule has 8 heteroatoms. The summed E-state index contributed by atoms with van der Waals surface area (Å²) in [5.74, 6) is -1.73. The van der Waals surface area contributed by atoms with E-state index in [0.717, 1.165) is 12.8 Å². The number of carbonyl (C=O) groups excluding carboxylic acids is 3. The van der Waals surface area contributed by atoms with Gasteiger partial charge >= 0.3 is 5.97 Å². The zero-order valence-corrected chi connectivity index (χ0v) is 23.3. The number of carbonyl (C=O) groups is 4. The summed E-state index contributed by atoms with van der Waals surface area (Å²) in [6.07, 6.45) is 7.12. The highest BCUT2D eigenvalue weighted by Gasteiger charge is 2.20. The van der Waals surface area contributed by atoms with Crippen LogP contribution in [0.5, 0.6) is 0 Å². The zero-order chi connectivity index (χ0) is 28.6. The van der Waals surface area contributed by atoms with E-state index in [9.17, 15) is 19.2 Å². The molecule has 0 spiro atoms. The van der Waals surface area contributed by atoms with Crippen molar-refractivity contribution in [3.63, 3.8) is 0 Å². The van der Waals surface area contributed by atoms with Crippen molar-refractivity contribution < 1.29 is 24.3 Å². The lowest BCUT2D eigenvalue weighted by molar-refractivity contribution is -0.136. The number of benzene rings is 3. The van der Waals surface area contributed by atoms with Gasteiger partial charge in [-0.3, -0.25) is 19.2 Å². The molecule has 0 heterocycles. The fourth-order valence-corrected chi connectivity index (χ4v) is 5.40. The second-order valence-corrected chi connectivity index (χ2v) is 10.7. The first-order valence-corrected chi connectivity index (χ1v) is 13.9. The van der Waals surface area contributed by atoms with Gasteiger partial charge in [0.2, 0.25) is 0 Å². The Morgan fingerprint density at radius 1 is 0.775 bits per heavy atom. The number of carboxylic acids is 1. The standard InChI is InChI=1S/C32H29Cl2NO5/c33-26-16-25(17-27(34)18-26)28(19-29(36)22-8-6-21(7-9-22)20-4-2-1-3-5-20)31(39)23-10-12-24(13-11-23)32(40)35-15-14-30(37)38/h6-13,16-20H,1-5,14-15H2,(H,35,40)(H,37,38)/b28-19+. The summed E-state index contributed by atoms with van der Waals surface area (Å²) in [6.45, 7) is -0.0129. The van der Waals surface area contributed by atoms with Crippen molar-refractivity contribution in [1.82, 2.24) is 5.32 Å². The third-order valence-corrected chi connectivity index (χ3v) is 7.44. The summed E-state index contributed by atoms with van der Waals surface area (Å²) in [4.78, 5) is 49.9. The maximum Gasteiger partial charge on any atom is 0.305 e. The van der Waals surface area contributed by atoms with Crippen LogP contribution in [0, 0.1) is 0 Å². The number of Topliss-reactive ketones (excluding diaryl/α,β-unsaturated/α-hetero) is 1. The predicted octanol–water partition coefficient (Wildman–Crippen LogP) is 7.39. The lowest BCUT2D eigenvalue weighted by Gasteiger charge is -2.22. The van der Waals surface area contributed by atoms with E-state index in [0.29, 0.717) is 27.1 Å². The van der Waals surface area contributed by atoms with Crippen LogP contribution in [0.1, 0.15) is 86.6 Å². The van der Waals surface area contributed by atoms with E-state index in [1.807, 2.05) is 12.1 Å². The Balaban J connectivity index is 1.60. The van der Waals surface area contributed by atoms with Crippen molar-refractivity contribution in [3.05, 3.63) is 111 Å². The Kier molecular flexibility index (Phi) is 9.91. The highest BCUT2D eigenvalue weighted by atomic mass is 35.5. The molecular weight excluding hydrogens is 549 g/mol. The molecule has 206 valence electrons. The fourth-order valence-electron chi connectivity index (χ4n) is 4.87. The fraction of sp³-hybridized carbons (Fsp3) is 0.250. The van der Waals surface area contributed by atoms with E-state index in [1.54, 1.807) is 24.3 Å². The molecule has 3 aromatic carbocycles. The van der Waals surface area contributed by atoms with E-state index in [-0.39, 0.29) is 35.4 Å². The molecule has 3 aromatic rings. The van der Waals surface area contributed by atoms with Crippen molar-refractivity contribution in [2.45, 2.75) is 44.4 Å². The van der Waals surface area contributed by atoms with Crippen LogP contribution >= 0.6 is 23.2 Å². The summed E-state index contributed by atoms with van der Waals surface area (Å²) in [7, 11) is 0. The SMILES string of the molecule is O=C(O)CCNC(=O)c1ccc(C(=O)/C(=C/C(=O)c2ccc(C3CCCCC3)cc2)c2cc(Cl)cc(Cl)c2)cc1. The molecule has 1 aliphatic rings. The van der Waals surface area contributed by atoms with E-state index in [4.69, 9.17) is 28.3 Å². The number of allylic oxidation sites excluding steroid dienone is 2. The van der Waals surface area contributed by atoms with Crippen molar-refractivity contribution >= 4 is 52.2 Å². The van der Waals surface area contributed by atoms with Crippen molar-refractivity contribution in [1.29, 1.82) is 0 Å². The zero-order valence-electron chi connectivity index (χ0n) is 21.8. The predicted molar refractivity (Wildman–Crippen MR) is 156 cm³/mol. The number of nitrogens with one attached hydrogen (secondary N) is 1. The Morgan fingerprint density at radius 3 is 1.95 bits per heavy atom. The molecule has 1 fully saturated rings. The summed E-state index contributed by atoms with van der Waals surface area (Å²) in [5, 5.41) is 11.9. The van der Waals surface area contributed by atoms with E-state index >= 15 is 0 Å². The molecule has 2 N–H and O–H groups in total. The van der Waals surface area contributed by atoms with Gasteiger partial charge in [-0.2, -0.15) is 0 Å². The molecule has 4 rings (SSSR count). The maximum absolute atomic E-state index is 13.7. The molecule has 1 amide bonds. The van der Waals surface area contributed by atoms with Gasteiger partial charge in [0.15, 0.2) is 11.6 Å². The third kappa shape index (κ3) is 7.68. The van der Waals surface area contributed by atoms with Crippen LogP contribution in [-0.2, 0) is 4.79 Å². The van der Waals surface area contributed by atoms with Gasteiger partial charge in [-0.05, 0) is 66.3 Å². The van der Waals surface area contributed by atoms with Gasteiger partial charge < -0.3 is 10.4 Å². The maximum atomic E-state index is 13.7. The van der Waals surface area contributed by atoms with Crippen molar-refractivity contribution in [2.75, 3.05) is 6.54 Å². The largest absolute Gasteiger partial charge is 0.481 e. The smallest absolute Gasteiger partial charge is 0.305 e. The van der Waals surface area contributed by atoms with Crippen LogP contribution in [0.25, 0.3) is 5.57 Å². The minimum Gasteiger partial charge on any atom is -0.481 e. The summed E-state index contributed by atoms with van der Waals surface area (Å²) < 4.78 is 0. The van der Waals surface area contributed by atoms with Gasteiger partial charge in [0.05, 0.1) is 6.42 Å².